The summed E-state index contributed by atoms with van der Waals surface area (Å²) >= 11 is 3.71. The first-order chi connectivity index (χ1) is 8.44. The monoisotopic (exact) mass is 318 g/mol. The van der Waals surface area contributed by atoms with Gasteiger partial charge in [0.1, 0.15) is 0 Å². The minimum atomic E-state index is 0.133. The Morgan fingerprint density at radius 1 is 1.28 bits per heavy atom. The molecule has 0 aromatic carbocycles. The Kier molecular flexibility index (Phi) is 4.77. The van der Waals surface area contributed by atoms with Crippen LogP contribution in [0.3, 0.4) is 0 Å². The van der Waals surface area contributed by atoms with Gasteiger partial charge in [-0.3, -0.25) is 0 Å². The predicted molar refractivity (Wildman–Crippen MR) is 78.2 cm³/mol. The van der Waals surface area contributed by atoms with Crippen molar-refractivity contribution in [1.29, 1.82) is 0 Å². The average molecular weight is 319 g/mol. The number of rotatable bonds is 3. The molecule has 2 heterocycles. The SMILES string of the molecule is CC(Br)CC(C)(C)C1CCOC2(CCOCC2)C1. The third-order valence-electron chi connectivity index (χ3n) is 4.81. The van der Waals surface area contributed by atoms with Gasteiger partial charge in [-0.15, -0.1) is 0 Å². The van der Waals surface area contributed by atoms with Crippen molar-refractivity contribution in [3.63, 3.8) is 0 Å². The lowest BCUT2D eigenvalue weighted by molar-refractivity contribution is -0.159. The highest BCUT2D eigenvalue weighted by atomic mass is 79.9. The molecule has 0 radical (unpaired) electrons. The van der Waals surface area contributed by atoms with Crippen molar-refractivity contribution in [2.45, 2.75) is 63.3 Å². The number of hydrogen-bond donors (Lipinski definition) is 0. The van der Waals surface area contributed by atoms with Gasteiger partial charge < -0.3 is 9.47 Å². The second-order valence-corrected chi connectivity index (χ2v) is 8.37. The highest BCUT2D eigenvalue weighted by Crippen LogP contribution is 2.46. The Labute approximate surface area is 120 Å². The summed E-state index contributed by atoms with van der Waals surface area (Å²) in [4.78, 5) is 0.598. The molecule has 0 amide bonds. The fourth-order valence-electron chi connectivity index (χ4n) is 3.68. The van der Waals surface area contributed by atoms with Gasteiger partial charge in [-0.2, -0.15) is 0 Å². The molecule has 0 aromatic rings. The molecular formula is C15H27BrO2. The summed E-state index contributed by atoms with van der Waals surface area (Å²) in [6.45, 7) is 9.79. The van der Waals surface area contributed by atoms with Crippen LogP contribution in [-0.4, -0.2) is 30.2 Å². The van der Waals surface area contributed by atoms with Crippen LogP contribution in [0.1, 0.15) is 52.9 Å². The van der Waals surface area contributed by atoms with E-state index < -0.39 is 0 Å². The van der Waals surface area contributed by atoms with Crippen molar-refractivity contribution < 1.29 is 9.47 Å². The standard InChI is InChI=1S/C15H27BrO2/c1-12(16)10-14(2,3)13-4-7-18-15(11-13)5-8-17-9-6-15/h12-13H,4-11H2,1-3H3. The highest BCUT2D eigenvalue weighted by Gasteiger charge is 2.43. The van der Waals surface area contributed by atoms with Gasteiger partial charge >= 0.3 is 0 Å². The Morgan fingerprint density at radius 2 is 1.94 bits per heavy atom. The van der Waals surface area contributed by atoms with E-state index in [0.717, 1.165) is 38.6 Å². The number of alkyl halides is 1. The molecule has 106 valence electrons. The van der Waals surface area contributed by atoms with E-state index in [1.54, 1.807) is 0 Å². The van der Waals surface area contributed by atoms with Crippen LogP contribution in [-0.2, 0) is 9.47 Å². The normalized spacial score (nSPS) is 30.3. The maximum Gasteiger partial charge on any atom is 0.0729 e. The molecule has 2 atom stereocenters. The van der Waals surface area contributed by atoms with Crippen LogP contribution in [0.5, 0.6) is 0 Å². The van der Waals surface area contributed by atoms with Crippen LogP contribution in [0.15, 0.2) is 0 Å². The van der Waals surface area contributed by atoms with Crippen molar-refractivity contribution in [3.8, 4) is 0 Å². The summed E-state index contributed by atoms with van der Waals surface area (Å²) in [6.07, 6.45) is 5.86. The molecule has 18 heavy (non-hydrogen) atoms. The fourth-order valence-corrected chi connectivity index (χ4v) is 4.51. The number of ether oxygens (including phenoxy) is 2. The average Bonchev–Trinajstić information content (AvgIpc) is 2.28. The zero-order chi connectivity index (χ0) is 13.2. The lowest BCUT2D eigenvalue weighted by atomic mass is 9.67. The molecule has 2 aliphatic heterocycles. The molecule has 2 unspecified atom stereocenters. The molecule has 0 N–H and O–H groups in total. The molecule has 2 rings (SSSR count). The van der Waals surface area contributed by atoms with E-state index in [9.17, 15) is 0 Å². The summed E-state index contributed by atoms with van der Waals surface area (Å²) in [5.41, 5.74) is 0.534. The molecule has 0 bridgehead atoms. The van der Waals surface area contributed by atoms with Crippen LogP contribution < -0.4 is 0 Å². The van der Waals surface area contributed by atoms with Crippen molar-refractivity contribution >= 4 is 15.9 Å². The zero-order valence-corrected chi connectivity index (χ0v) is 13.6. The third-order valence-corrected chi connectivity index (χ3v) is 5.13. The minimum absolute atomic E-state index is 0.133. The lowest BCUT2D eigenvalue weighted by Gasteiger charge is -2.48. The van der Waals surface area contributed by atoms with Gasteiger partial charge in [0.2, 0.25) is 0 Å². The molecule has 2 aliphatic rings. The van der Waals surface area contributed by atoms with E-state index in [-0.39, 0.29) is 5.60 Å². The highest BCUT2D eigenvalue weighted by molar-refractivity contribution is 9.09. The summed E-state index contributed by atoms with van der Waals surface area (Å²) in [7, 11) is 0. The minimum Gasteiger partial charge on any atom is -0.381 e. The van der Waals surface area contributed by atoms with Gasteiger partial charge in [-0.1, -0.05) is 36.7 Å². The van der Waals surface area contributed by atoms with Crippen molar-refractivity contribution in [1.82, 2.24) is 0 Å². The molecule has 0 saturated carbocycles. The van der Waals surface area contributed by atoms with Gasteiger partial charge in [0.25, 0.3) is 0 Å². The molecule has 2 saturated heterocycles. The topological polar surface area (TPSA) is 18.5 Å². The molecular weight excluding hydrogens is 292 g/mol. The fraction of sp³-hybridized carbons (Fsp3) is 1.00. The summed E-state index contributed by atoms with van der Waals surface area (Å²) in [5.74, 6) is 0.782. The third kappa shape index (κ3) is 3.49. The van der Waals surface area contributed by atoms with E-state index in [1.165, 1.54) is 19.3 Å². The quantitative estimate of drug-likeness (QED) is 0.727. The first kappa shape index (κ1) is 14.8. The van der Waals surface area contributed by atoms with E-state index in [1.807, 2.05) is 0 Å². The van der Waals surface area contributed by atoms with E-state index in [0.29, 0.717) is 10.2 Å². The van der Waals surface area contributed by atoms with Crippen molar-refractivity contribution in [3.05, 3.63) is 0 Å². The summed E-state index contributed by atoms with van der Waals surface area (Å²) < 4.78 is 11.6. The van der Waals surface area contributed by atoms with Crippen LogP contribution in [0.2, 0.25) is 0 Å². The molecule has 2 nitrogen and oxygen atoms in total. The maximum absolute atomic E-state index is 6.15. The zero-order valence-electron chi connectivity index (χ0n) is 12.0. The second kappa shape index (κ2) is 5.80. The van der Waals surface area contributed by atoms with Gasteiger partial charge in [0, 0.05) is 24.6 Å². The maximum atomic E-state index is 6.15. The Morgan fingerprint density at radius 3 is 2.56 bits per heavy atom. The van der Waals surface area contributed by atoms with Crippen LogP contribution in [0, 0.1) is 11.3 Å². The Hall–Kier alpha value is 0.400. The first-order valence-electron chi connectivity index (χ1n) is 7.29. The van der Waals surface area contributed by atoms with Gasteiger partial charge in [0.15, 0.2) is 0 Å². The van der Waals surface area contributed by atoms with Crippen LogP contribution in [0.4, 0.5) is 0 Å². The van der Waals surface area contributed by atoms with Gasteiger partial charge in [-0.25, -0.2) is 0 Å². The molecule has 1 spiro atoms. The van der Waals surface area contributed by atoms with Crippen molar-refractivity contribution in [2.24, 2.45) is 11.3 Å². The van der Waals surface area contributed by atoms with Crippen LogP contribution >= 0.6 is 15.9 Å². The van der Waals surface area contributed by atoms with Crippen molar-refractivity contribution in [2.75, 3.05) is 19.8 Å². The largest absolute Gasteiger partial charge is 0.381 e. The molecule has 3 heteroatoms. The van der Waals surface area contributed by atoms with E-state index in [4.69, 9.17) is 9.47 Å². The second-order valence-electron chi connectivity index (χ2n) is 6.81. The summed E-state index contributed by atoms with van der Waals surface area (Å²) in [6, 6.07) is 0. The lowest BCUT2D eigenvalue weighted by Crippen LogP contribution is -2.47. The smallest absolute Gasteiger partial charge is 0.0729 e. The number of hydrogen-bond acceptors (Lipinski definition) is 2. The van der Waals surface area contributed by atoms with Gasteiger partial charge in [0.05, 0.1) is 5.60 Å². The van der Waals surface area contributed by atoms with E-state index in [2.05, 4.69) is 36.7 Å². The summed E-state index contributed by atoms with van der Waals surface area (Å²) in [5, 5.41) is 0. The first-order valence-corrected chi connectivity index (χ1v) is 8.21. The van der Waals surface area contributed by atoms with E-state index >= 15 is 0 Å². The molecule has 0 aliphatic carbocycles. The predicted octanol–water partition coefficient (Wildman–Crippen LogP) is 4.16. The number of halogens is 1. The molecule has 2 fully saturated rings. The van der Waals surface area contributed by atoms with Crippen LogP contribution in [0.25, 0.3) is 0 Å². The Bertz CT molecular complexity index is 264. The van der Waals surface area contributed by atoms with Gasteiger partial charge in [-0.05, 0) is 43.4 Å². The molecule has 0 aromatic heterocycles. The Balaban J connectivity index is 2.01.